The zero-order valence-electron chi connectivity index (χ0n) is 13.6. The number of hydrogen-bond donors (Lipinski definition) is 1. The molecular formula is C17H22N4O2. The van der Waals surface area contributed by atoms with E-state index >= 15 is 0 Å². The minimum Gasteiger partial charge on any atom is -0.342 e. The third-order valence-corrected chi connectivity index (χ3v) is 4.33. The lowest BCUT2D eigenvalue weighted by Gasteiger charge is -2.34. The molecular weight excluding hydrogens is 292 g/mol. The van der Waals surface area contributed by atoms with Crippen LogP contribution in [0, 0.1) is 0 Å². The third-order valence-electron chi connectivity index (χ3n) is 4.33. The number of nitrogens with zero attached hydrogens (tertiary/aromatic N) is 3. The fraction of sp³-hybridized carbons (Fsp3) is 0.471. The number of fused-ring (bicyclic) bond motifs is 1. The van der Waals surface area contributed by atoms with E-state index in [0.29, 0.717) is 38.2 Å². The second-order valence-electron chi connectivity index (χ2n) is 5.80. The van der Waals surface area contributed by atoms with Gasteiger partial charge in [0.25, 0.3) is 5.91 Å². The summed E-state index contributed by atoms with van der Waals surface area (Å²) in [5.41, 5.74) is 2.45. The van der Waals surface area contributed by atoms with Crippen molar-refractivity contribution in [1.82, 2.24) is 19.8 Å². The van der Waals surface area contributed by atoms with Crippen molar-refractivity contribution in [3.8, 4) is 0 Å². The standard InChI is InChI=1S/C17H22N4O2/c1-3-15-18-13-6-5-12(11-14(13)19-15)17(23)21-9-7-20(8-10-21)16(22)4-2/h5-6,11H,3-4,7-10H2,1-2H3,(H,18,19). The van der Waals surface area contributed by atoms with Gasteiger partial charge in [-0.05, 0) is 18.2 Å². The van der Waals surface area contributed by atoms with E-state index in [9.17, 15) is 9.59 Å². The number of aromatic nitrogens is 2. The van der Waals surface area contributed by atoms with Crippen LogP contribution in [0.2, 0.25) is 0 Å². The van der Waals surface area contributed by atoms with Gasteiger partial charge < -0.3 is 14.8 Å². The number of nitrogens with one attached hydrogen (secondary N) is 1. The van der Waals surface area contributed by atoms with Gasteiger partial charge in [-0.25, -0.2) is 4.98 Å². The number of piperazine rings is 1. The lowest BCUT2D eigenvalue weighted by Crippen LogP contribution is -2.50. The minimum atomic E-state index is 0.0168. The van der Waals surface area contributed by atoms with E-state index in [1.807, 2.05) is 41.8 Å². The number of rotatable bonds is 3. The predicted octanol–water partition coefficient (Wildman–Crippen LogP) is 1.82. The van der Waals surface area contributed by atoms with E-state index in [-0.39, 0.29) is 11.8 Å². The molecule has 0 saturated carbocycles. The van der Waals surface area contributed by atoms with Gasteiger partial charge in [-0.2, -0.15) is 0 Å². The molecule has 6 heteroatoms. The summed E-state index contributed by atoms with van der Waals surface area (Å²) < 4.78 is 0. The quantitative estimate of drug-likeness (QED) is 0.939. The van der Waals surface area contributed by atoms with E-state index < -0.39 is 0 Å². The number of amides is 2. The van der Waals surface area contributed by atoms with E-state index in [1.54, 1.807) is 0 Å². The maximum absolute atomic E-state index is 12.7. The molecule has 1 aliphatic heterocycles. The maximum atomic E-state index is 12.7. The van der Waals surface area contributed by atoms with Gasteiger partial charge in [-0.3, -0.25) is 9.59 Å². The molecule has 1 saturated heterocycles. The van der Waals surface area contributed by atoms with Crippen molar-refractivity contribution in [3.63, 3.8) is 0 Å². The van der Waals surface area contributed by atoms with E-state index in [2.05, 4.69) is 9.97 Å². The molecule has 2 aromatic rings. The highest BCUT2D eigenvalue weighted by Gasteiger charge is 2.24. The summed E-state index contributed by atoms with van der Waals surface area (Å²) >= 11 is 0. The van der Waals surface area contributed by atoms with Gasteiger partial charge >= 0.3 is 0 Å². The molecule has 0 unspecified atom stereocenters. The Balaban J connectivity index is 1.72. The molecule has 0 aliphatic carbocycles. The molecule has 23 heavy (non-hydrogen) atoms. The summed E-state index contributed by atoms with van der Waals surface area (Å²) in [6, 6.07) is 5.58. The molecule has 0 atom stereocenters. The number of carbonyl (C=O) groups excluding carboxylic acids is 2. The summed E-state index contributed by atoms with van der Waals surface area (Å²) in [4.78, 5) is 35.7. The average Bonchev–Trinajstić information content (AvgIpc) is 3.02. The van der Waals surface area contributed by atoms with Gasteiger partial charge in [0.15, 0.2) is 0 Å². The highest BCUT2D eigenvalue weighted by atomic mass is 16.2. The summed E-state index contributed by atoms with van der Waals surface area (Å²) in [7, 11) is 0. The summed E-state index contributed by atoms with van der Waals surface area (Å²) in [6.07, 6.45) is 1.36. The van der Waals surface area contributed by atoms with Crippen molar-refractivity contribution in [2.45, 2.75) is 26.7 Å². The molecule has 1 aromatic carbocycles. The van der Waals surface area contributed by atoms with Crippen LogP contribution in [0.5, 0.6) is 0 Å². The third kappa shape index (κ3) is 3.06. The number of aryl methyl sites for hydroxylation is 1. The Morgan fingerprint density at radius 1 is 1.13 bits per heavy atom. The fourth-order valence-corrected chi connectivity index (χ4v) is 2.93. The first-order valence-electron chi connectivity index (χ1n) is 8.18. The molecule has 2 amide bonds. The highest BCUT2D eigenvalue weighted by molar-refractivity contribution is 5.97. The second kappa shape index (κ2) is 6.40. The smallest absolute Gasteiger partial charge is 0.254 e. The number of benzene rings is 1. The van der Waals surface area contributed by atoms with Gasteiger partial charge in [0.2, 0.25) is 5.91 Å². The van der Waals surface area contributed by atoms with Crippen LogP contribution in [0.3, 0.4) is 0 Å². The number of H-pyrrole nitrogens is 1. The number of aromatic amines is 1. The molecule has 1 aromatic heterocycles. The number of imidazole rings is 1. The number of carbonyl (C=O) groups is 2. The average molecular weight is 314 g/mol. The Kier molecular flexibility index (Phi) is 4.32. The van der Waals surface area contributed by atoms with Gasteiger partial charge in [-0.15, -0.1) is 0 Å². The van der Waals surface area contributed by atoms with Gasteiger partial charge in [0.1, 0.15) is 5.82 Å². The van der Waals surface area contributed by atoms with Crippen LogP contribution in [0.15, 0.2) is 18.2 Å². The summed E-state index contributed by atoms with van der Waals surface area (Å²) in [6.45, 7) is 6.32. The molecule has 2 heterocycles. The van der Waals surface area contributed by atoms with Crippen molar-refractivity contribution < 1.29 is 9.59 Å². The van der Waals surface area contributed by atoms with Crippen molar-refractivity contribution in [2.24, 2.45) is 0 Å². The predicted molar refractivity (Wildman–Crippen MR) is 88.2 cm³/mol. The molecule has 0 radical (unpaired) electrons. The lowest BCUT2D eigenvalue weighted by atomic mass is 10.1. The summed E-state index contributed by atoms with van der Waals surface area (Å²) in [5.74, 6) is 1.10. The molecule has 3 rings (SSSR count). The van der Waals surface area contributed by atoms with Crippen LogP contribution in [0.1, 0.15) is 36.5 Å². The van der Waals surface area contributed by atoms with Gasteiger partial charge in [0, 0.05) is 44.6 Å². The first-order valence-corrected chi connectivity index (χ1v) is 8.18. The largest absolute Gasteiger partial charge is 0.342 e. The Bertz CT molecular complexity index is 729. The first-order chi connectivity index (χ1) is 11.1. The van der Waals surface area contributed by atoms with Crippen molar-refractivity contribution in [3.05, 3.63) is 29.6 Å². The zero-order chi connectivity index (χ0) is 16.4. The topological polar surface area (TPSA) is 69.3 Å². The van der Waals surface area contributed by atoms with Crippen LogP contribution < -0.4 is 0 Å². The Morgan fingerprint density at radius 3 is 2.48 bits per heavy atom. The highest BCUT2D eigenvalue weighted by Crippen LogP contribution is 2.16. The molecule has 0 bridgehead atoms. The molecule has 122 valence electrons. The molecule has 0 spiro atoms. The van der Waals surface area contributed by atoms with Crippen molar-refractivity contribution in [1.29, 1.82) is 0 Å². The van der Waals surface area contributed by atoms with E-state index in [4.69, 9.17) is 0 Å². The molecule has 6 nitrogen and oxygen atoms in total. The van der Waals surface area contributed by atoms with Crippen LogP contribution in [0.4, 0.5) is 0 Å². The maximum Gasteiger partial charge on any atom is 0.254 e. The normalized spacial score (nSPS) is 15.2. The van der Waals surface area contributed by atoms with Crippen LogP contribution in [-0.4, -0.2) is 57.8 Å². The second-order valence-corrected chi connectivity index (χ2v) is 5.80. The zero-order valence-corrected chi connectivity index (χ0v) is 13.6. The van der Waals surface area contributed by atoms with Crippen LogP contribution in [0.25, 0.3) is 11.0 Å². The molecule has 1 N–H and O–H groups in total. The Hall–Kier alpha value is -2.37. The lowest BCUT2D eigenvalue weighted by molar-refractivity contribution is -0.132. The molecule has 1 aliphatic rings. The Morgan fingerprint density at radius 2 is 1.83 bits per heavy atom. The minimum absolute atomic E-state index is 0.0168. The van der Waals surface area contributed by atoms with Crippen molar-refractivity contribution >= 4 is 22.8 Å². The van der Waals surface area contributed by atoms with E-state index in [1.165, 1.54) is 0 Å². The monoisotopic (exact) mass is 314 g/mol. The van der Waals surface area contributed by atoms with E-state index in [0.717, 1.165) is 23.3 Å². The summed E-state index contributed by atoms with van der Waals surface area (Å²) in [5, 5.41) is 0. The van der Waals surface area contributed by atoms with Gasteiger partial charge in [0.05, 0.1) is 11.0 Å². The molecule has 1 fully saturated rings. The van der Waals surface area contributed by atoms with Crippen LogP contribution in [-0.2, 0) is 11.2 Å². The number of hydrogen-bond acceptors (Lipinski definition) is 3. The Labute approximate surface area is 135 Å². The SMILES string of the molecule is CCC(=O)N1CCN(C(=O)c2ccc3nc(CC)[nH]c3c2)CC1. The van der Waals surface area contributed by atoms with Crippen LogP contribution >= 0.6 is 0 Å². The van der Waals surface area contributed by atoms with Gasteiger partial charge in [-0.1, -0.05) is 13.8 Å². The van der Waals surface area contributed by atoms with Crippen molar-refractivity contribution in [2.75, 3.05) is 26.2 Å². The fourth-order valence-electron chi connectivity index (χ4n) is 2.93. The first kappa shape index (κ1) is 15.5.